The Bertz CT molecular complexity index is 485. The van der Waals surface area contributed by atoms with Crippen molar-refractivity contribution in [2.75, 3.05) is 5.73 Å². The maximum atomic E-state index is 5.76. The third kappa shape index (κ3) is 2.46. The van der Waals surface area contributed by atoms with Crippen molar-refractivity contribution in [2.45, 2.75) is 33.2 Å². The number of benzene rings is 1. The van der Waals surface area contributed by atoms with Crippen LogP contribution in [0.3, 0.4) is 0 Å². The maximum Gasteiger partial charge on any atom is 0.169 e. The number of rotatable bonds is 4. The molecule has 1 aromatic heterocycles. The minimum Gasteiger partial charge on any atom is -0.381 e. The van der Waals surface area contributed by atoms with Crippen LogP contribution in [0.1, 0.15) is 30.7 Å². The number of nitrogens with two attached hydrogens (primary N) is 1. The van der Waals surface area contributed by atoms with Crippen LogP contribution in [0.5, 0.6) is 0 Å². The fourth-order valence-electron chi connectivity index (χ4n) is 1.89. The zero-order valence-corrected chi connectivity index (χ0v) is 10.3. The summed E-state index contributed by atoms with van der Waals surface area (Å²) in [5.74, 6) is 0.540. The molecule has 0 radical (unpaired) electrons. The molecule has 1 aromatic carbocycles. The van der Waals surface area contributed by atoms with Crippen molar-refractivity contribution in [1.29, 1.82) is 0 Å². The molecule has 0 atom stereocenters. The number of nitrogens with zero attached hydrogens (tertiary/aromatic N) is 3. The SMILES string of the molecule is CCc1ccc(Cn2nnc(N)c2CC)cc1. The summed E-state index contributed by atoms with van der Waals surface area (Å²) in [5.41, 5.74) is 9.33. The van der Waals surface area contributed by atoms with E-state index in [-0.39, 0.29) is 0 Å². The van der Waals surface area contributed by atoms with Crippen molar-refractivity contribution in [1.82, 2.24) is 15.0 Å². The minimum atomic E-state index is 0.540. The Balaban J connectivity index is 2.19. The molecule has 4 heteroatoms. The van der Waals surface area contributed by atoms with Gasteiger partial charge in [-0.1, -0.05) is 43.3 Å². The van der Waals surface area contributed by atoms with E-state index in [4.69, 9.17) is 5.73 Å². The topological polar surface area (TPSA) is 56.7 Å². The van der Waals surface area contributed by atoms with Gasteiger partial charge in [-0.2, -0.15) is 0 Å². The van der Waals surface area contributed by atoms with E-state index in [1.807, 2.05) is 4.68 Å². The van der Waals surface area contributed by atoms with Gasteiger partial charge in [0.1, 0.15) is 0 Å². The van der Waals surface area contributed by atoms with Gasteiger partial charge in [-0.15, -0.1) is 5.10 Å². The van der Waals surface area contributed by atoms with Crippen molar-refractivity contribution in [3.8, 4) is 0 Å². The molecule has 0 aliphatic carbocycles. The largest absolute Gasteiger partial charge is 0.381 e. The molecule has 0 unspecified atom stereocenters. The number of aromatic nitrogens is 3. The standard InChI is InChI=1S/C13H18N4/c1-3-10-5-7-11(8-6-10)9-17-12(4-2)13(14)15-16-17/h5-8H,3-4,9,14H2,1-2H3. The Morgan fingerprint density at radius 3 is 2.29 bits per heavy atom. The van der Waals surface area contributed by atoms with Crippen LogP contribution in [-0.4, -0.2) is 15.0 Å². The summed E-state index contributed by atoms with van der Waals surface area (Å²) in [7, 11) is 0. The first-order chi connectivity index (χ1) is 8.24. The molecule has 0 fully saturated rings. The van der Waals surface area contributed by atoms with Gasteiger partial charge in [0.05, 0.1) is 12.2 Å². The summed E-state index contributed by atoms with van der Waals surface area (Å²) in [4.78, 5) is 0. The van der Waals surface area contributed by atoms with E-state index in [9.17, 15) is 0 Å². The number of anilines is 1. The van der Waals surface area contributed by atoms with Crippen LogP contribution in [0.25, 0.3) is 0 Å². The fourth-order valence-corrected chi connectivity index (χ4v) is 1.89. The molecule has 17 heavy (non-hydrogen) atoms. The summed E-state index contributed by atoms with van der Waals surface area (Å²) in [6, 6.07) is 8.58. The Morgan fingerprint density at radius 1 is 1.06 bits per heavy atom. The first kappa shape index (κ1) is 11.6. The van der Waals surface area contributed by atoms with Gasteiger partial charge in [-0.3, -0.25) is 0 Å². The molecule has 2 rings (SSSR count). The van der Waals surface area contributed by atoms with E-state index in [1.165, 1.54) is 11.1 Å². The Morgan fingerprint density at radius 2 is 1.71 bits per heavy atom. The van der Waals surface area contributed by atoms with Crippen LogP contribution in [0.15, 0.2) is 24.3 Å². The molecule has 90 valence electrons. The molecule has 0 saturated heterocycles. The highest BCUT2D eigenvalue weighted by Gasteiger charge is 2.07. The van der Waals surface area contributed by atoms with Crippen molar-refractivity contribution < 1.29 is 0 Å². The molecule has 0 spiro atoms. The van der Waals surface area contributed by atoms with Crippen LogP contribution >= 0.6 is 0 Å². The normalized spacial score (nSPS) is 10.7. The monoisotopic (exact) mass is 230 g/mol. The van der Waals surface area contributed by atoms with Crippen LogP contribution in [-0.2, 0) is 19.4 Å². The summed E-state index contributed by atoms with van der Waals surface area (Å²) < 4.78 is 1.87. The zero-order chi connectivity index (χ0) is 12.3. The quantitative estimate of drug-likeness (QED) is 0.874. The fraction of sp³-hybridized carbons (Fsp3) is 0.385. The molecule has 0 amide bonds. The van der Waals surface area contributed by atoms with E-state index < -0.39 is 0 Å². The van der Waals surface area contributed by atoms with Crippen LogP contribution < -0.4 is 5.73 Å². The lowest BCUT2D eigenvalue weighted by Crippen LogP contribution is -2.06. The Hall–Kier alpha value is -1.84. The van der Waals surface area contributed by atoms with Crippen LogP contribution in [0.4, 0.5) is 5.82 Å². The number of hydrogen-bond acceptors (Lipinski definition) is 3. The third-order valence-electron chi connectivity index (χ3n) is 2.97. The van der Waals surface area contributed by atoms with Crippen LogP contribution in [0, 0.1) is 0 Å². The predicted molar refractivity (Wildman–Crippen MR) is 68.7 cm³/mol. The van der Waals surface area contributed by atoms with Gasteiger partial charge in [0, 0.05) is 0 Å². The summed E-state index contributed by atoms with van der Waals surface area (Å²) in [5, 5.41) is 7.97. The van der Waals surface area contributed by atoms with Gasteiger partial charge < -0.3 is 5.73 Å². The molecule has 2 aromatic rings. The van der Waals surface area contributed by atoms with Gasteiger partial charge in [0.15, 0.2) is 5.82 Å². The first-order valence-corrected chi connectivity index (χ1v) is 6.00. The van der Waals surface area contributed by atoms with Gasteiger partial charge in [0.2, 0.25) is 0 Å². The predicted octanol–water partition coefficient (Wildman–Crippen LogP) is 2.03. The molecule has 0 bridgehead atoms. The molecular formula is C13H18N4. The van der Waals surface area contributed by atoms with Crippen molar-refractivity contribution in [2.24, 2.45) is 0 Å². The summed E-state index contributed by atoms with van der Waals surface area (Å²) >= 11 is 0. The van der Waals surface area contributed by atoms with Crippen molar-refractivity contribution >= 4 is 5.82 Å². The second-order valence-electron chi connectivity index (χ2n) is 4.10. The maximum absolute atomic E-state index is 5.76. The first-order valence-electron chi connectivity index (χ1n) is 6.00. The van der Waals surface area contributed by atoms with Gasteiger partial charge in [-0.05, 0) is 24.0 Å². The minimum absolute atomic E-state index is 0.540. The lowest BCUT2D eigenvalue weighted by Gasteiger charge is -2.06. The highest BCUT2D eigenvalue weighted by atomic mass is 15.4. The molecule has 0 aliphatic heterocycles. The van der Waals surface area contributed by atoms with Crippen molar-refractivity contribution in [3.05, 3.63) is 41.1 Å². The van der Waals surface area contributed by atoms with Crippen molar-refractivity contribution in [3.63, 3.8) is 0 Å². The van der Waals surface area contributed by atoms with Crippen LogP contribution in [0.2, 0.25) is 0 Å². The van der Waals surface area contributed by atoms with E-state index in [0.717, 1.165) is 25.1 Å². The number of hydrogen-bond donors (Lipinski definition) is 1. The molecule has 0 saturated carbocycles. The number of aryl methyl sites for hydroxylation is 1. The van der Waals surface area contributed by atoms with Gasteiger partial charge >= 0.3 is 0 Å². The average Bonchev–Trinajstić information content (AvgIpc) is 2.71. The molecular weight excluding hydrogens is 212 g/mol. The lowest BCUT2D eigenvalue weighted by molar-refractivity contribution is 0.622. The zero-order valence-electron chi connectivity index (χ0n) is 10.3. The highest BCUT2D eigenvalue weighted by Crippen LogP contribution is 2.12. The van der Waals surface area contributed by atoms with E-state index >= 15 is 0 Å². The second-order valence-corrected chi connectivity index (χ2v) is 4.10. The summed E-state index contributed by atoms with van der Waals surface area (Å²) in [6.45, 7) is 4.95. The average molecular weight is 230 g/mol. The van der Waals surface area contributed by atoms with E-state index in [0.29, 0.717) is 5.82 Å². The smallest absolute Gasteiger partial charge is 0.169 e. The Labute approximate surface area is 101 Å². The van der Waals surface area contributed by atoms with Gasteiger partial charge in [-0.25, -0.2) is 4.68 Å². The number of nitrogen functional groups attached to an aromatic ring is 1. The molecule has 2 N–H and O–H groups in total. The molecule has 4 nitrogen and oxygen atoms in total. The van der Waals surface area contributed by atoms with E-state index in [1.54, 1.807) is 0 Å². The Kier molecular flexibility index (Phi) is 3.42. The van der Waals surface area contributed by atoms with Gasteiger partial charge in [0.25, 0.3) is 0 Å². The third-order valence-corrected chi connectivity index (χ3v) is 2.97. The lowest BCUT2D eigenvalue weighted by atomic mass is 10.1. The molecule has 0 aliphatic rings. The highest BCUT2D eigenvalue weighted by molar-refractivity contribution is 5.33. The van der Waals surface area contributed by atoms with E-state index in [2.05, 4.69) is 48.4 Å². The summed E-state index contributed by atoms with van der Waals surface area (Å²) in [6.07, 6.45) is 1.92. The second kappa shape index (κ2) is 4.99. The molecule has 1 heterocycles.